The fourth-order valence-corrected chi connectivity index (χ4v) is 1.86. The molecular formula is C13H8F6N2O2. The lowest BCUT2D eigenvalue weighted by Gasteiger charge is -2.14. The van der Waals surface area contributed by atoms with Crippen molar-refractivity contribution in [2.75, 3.05) is 0 Å². The highest BCUT2D eigenvalue weighted by Gasteiger charge is 2.36. The number of rotatable bonds is 2. The van der Waals surface area contributed by atoms with Crippen LogP contribution in [0.15, 0.2) is 29.1 Å². The number of aromatic nitrogens is 2. The van der Waals surface area contributed by atoms with Crippen LogP contribution in [0, 0.1) is 0 Å². The Hall–Kier alpha value is -2.52. The predicted octanol–water partition coefficient (Wildman–Crippen LogP) is 3.10. The Labute approximate surface area is 124 Å². The number of nitrogens with zero attached hydrogens (tertiary/aromatic N) is 1. The predicted molar refractivity (Wildman–Crippen MR) is 65.8 cm³/mol. The smallest absolute Gasteiger partial charge is 0.416 e. The molecule has 2 aromatic rings. The van der Waals surface area contributed by atoms with Gasteiger partial charge in [0, 0.05) is 12.5 Å². The second-order valence-electron chi connectivity index (χ2n) is 4.66. The number of H-pyrrole nitrogens is 1. The summed E-state index contributed by atoms with van der Waals surface area (Å²) >= 11 is 0. The molecule has 0 aliphatic rings. The average molecular weight is 338 g/mol. The number of nitrogens with one attached hydrogen (secondary N) is 1. The summed E-state index contributed by atoms with van der Waals surface area (Å²) in [5, 5.41) is 14.5. The number of hydrogen-bond acceptors (Lipinski definition) is 3. The molecule has 23 heavy (non-hydrogen) atoms. The van der Waals surface area contributed by atoms with E-state index >= 15 is 0 Å². The zero-order chi connectivity index (χ0) is 17.4. The largest absolute Gasteiger partial charge is 0.503 e. The van der Waals surface area contributed by atoms with Gasteiger partial charge in [-0.15, -0.1) is 0 Å². The van der Waals surface area contributed by atoms with Crippen LogP contribution < -0.4 is 5.56 Å². The lowest BCUT2D eigenvalue weighted by atomic mass is 10.0. The van der Waals surface area contributed by atoms with Gasteiger partial charge in [-0.05, 0) is 23.8 Å². The molecule has 4 nitrogen and oxygen atoms in total. The molecule has 10 heteroatoms. The highest BCUT2D eigenvalue weighted by atomic mass is 19.4. The first-order valence-corrected chi connectivity index (χ1v) is 6.03. The van der Waals surface area contributed by atoms with Gasteiger partial charge in [-0.3, -0.25) is 4.79 Å². The van der Waals surface area contributed by atoms with E-state index in [0.29, 0.717) is 12.1 Å². The van der Waals surface area contributed by atoms with Crippen LogP contribution in [-0.4, -0.2) is 15.3 Å². The van der Waals surface area contributed by atoms with Crippen LogP contribution in [-0.2, 0) is 18.8 Å². The van der Waals surface area contributed by atoms with E-state index in [9.17, 15) is 36.2 Å². The number of alkyl halides is 6. The van der Waals surface area contributed by atoms with Crippen molar-refractivity contribution < 1.29 is 31.4 Å². The van der Waals surface area contributed by atoms with E-state index in [1.807, 2.05) is 5.10 Å². The molecule has 0 spiro atoms. The fraction of sp³-hybridized carbons (Fsp3) is 0.231. The van der Waals surface area contributed by atoms with Crippen molar-refractivity contribution in [2.24, 2.45) is 0 Å². The number of halogens is 6. The van der Waals surface area contributed by atoms with Crippen LogP contribution >= 0.6 is 0 Å². The molecule has 1 aromatic carbocycles. The first-order chi connectivity index (χ1) is 10.5. The first-order valence-electron chi connectivity index (χ1n) is 6.03. The molecule has 0 bridgehead atoms. The molecule has 1 heterocycles. The SMILES string of the molecule is O=c1[nH]nc(Cc2cc(C(F)(F)F)cc(C(F)(F)F)c2)cc1O. The van der Waals surface area contributed by atoms with E-state index in [-0.39, 0.29) is 17.3 Å². The summed E-state index contributed by atoms with van der Waals surface area (Å²) in [7, 11) is 0. The fourth-order valence-electron chi connectivity index (χ4n) is 1.86. The average Bonchev–Trinajstić information content (AvgIpc) is 2.41. The maximum Gasteiger partial charge on any atom is 0.416 e. The zero-order valence-corrected chi connectivity index (χ0v) is 11.1. The van der Waals surface area contributed by atoms with Crippen LogP contribution in [0.25, 0.3) is 0 Å². The molecule has 0 unspecified atom stereocenters. The minimum Gasteiger partial charge on any atom is -0.503 e. The molecule has 1 aromatic heterocycles. The van der Waals surface area contributed by atoms with E-state index < -0.39 is 41.2 Å². The van der Waals surface area contributed by atoms with E-state index in [4.69, 9.17) is 0 Å². The van der Waals surface area contributed by atoms with Crippen LogP contribution in [0.3, 0.4) is 0 Å². The van der Waals surface area contributed by atoms with Crippen LogP contribution in [0.1, 0.15) is 22.4 Å². The zero-order valence-electron chi connectivity index (χ0n) is 11.1. The Kier molecular flexibility index (Phi) is 4.10. The molecule has 0 fully saturated rings. The van der Waals surface area contributed by atoms with Gasteiger partial charge in [-0.1, -0.05) is 0 Å². The van der Waals surface area contributed by atoms with E-state index in [0.717, 1.165) is 6.07 Å². The highest BCUT2D eigenvalue weighted by molar-refractivity contribution is 5.36. The Morgan fingerprint density at radius 1 is 0.957 bits per heavy atom. The van der Waals surface area contributed by atoms with Crippen molar-refractivity contribution in [2.45, 2.75) is 18.8 Å². The number of hydrogen-bond donors (Lipinski definition) is 2. The molecule has 0 saturated carbocycles. The van der Waals surface area contributed by atoms with Crippen molar-refractivity contribution in [1.29, 1.82) is 0 Å². The summed E-state index contributed by atoms with van der Waals surface area (Å²) in [5.74, 6) is -0.738. The Balaban J connectivity index is 2.48. The third-order valence-corrected chi connectivity index (χ3v) is 2.87. The first kappa shape index (κ1) is 16.8. The number of benzene rings is 1. The Morgan fingerprint density at radius 3 is 1.91 bits per heavy atom. The molecule has 0 atom stereocenters. The highest BCUT2D eigenvalue weighted by Crippen LogP contribution is 2.36. The lowest BCUT2D eigenvalue weighted by molar-refractivity contribution is -0.143. The summed E-state index contributed by atoms with van der Waals surface area (Å²) in [5.41, 5.74) is -4.22. The van der Waals surface area contributed by atoms with Crippen molar-refractivity contribution >= 4 is 0 Å². The van der Waals surface area contributed by atoms with Crippen LogP contribution in [0.5, 0.6) is 5.75 Å². The summed E-state index contributed by atoms with van der Waals surface area (Å²) in [6.45, 7) is 0. The second kappa shape index (κ2) is 5.60. The second-order valence-corrected chi connectivity index (χ2v) is 4.66. The molecule has 2 N–H and O–H groups in total. The summed E-state index contributed by atoms with van der Waals surface area (Å²) in [6.07, 6.45) is -10.3. The third kappa shape index (κ3) is 4.02. The number of aromatic amines is 1. The maximum absolute atomic E-state index is 12.7. The van der Waals surface area contributed by atoms with Gasteiger partial charge < -0.3 is 5.11 Å². The van der Waals surface area contributed by atoms with Crippen LogP contribution in [0.2, 0.25) is 0 Å². The minimum atomic E-state index is -4.95. The van der Waals surface area contributed by atoms with Gasteiger partial charge in [0.25, 0.3) is 0 Å². The van der Waals surface area contributed by atoms with Crippen molar-refractivity contribution in [3.8, 4) is 5.75 Å². The molecule has 0 amide bonds. The number of aromatic hydroxyl groups is 1. The van der Waals surface area contributed by atoms with Gasteiger partial charge in [-0.2, -0.15) is 31.4 Å². The van der Waals surface area contributed by atoms with Gasteiger partial charge in [0.05, 0.1) is 16.8 Å². The molecule has 2 rings (SSSR count). The van der Waals surface area contributed by atoms with Gasteiger partial charge in [0.1, 0.15) is 0 Å². The van der Waals surface area contributed by atoms with Gasteiger partial charge in [0.2, 0.25) is 0 Å². The van der Waals surface area contributed by atoms with Gasteiger partial charge >= 0.3 is 17.9 Å². The van der Waals surface area contributed by atoms with Gasteiger partial charge in [-0.25, -0.2) is 5.10 Å². The standard InChI is InChI=1S/C13H8F6N2O2/c14-12(15,16)7-1-6(2-8(4-7)13(17,18)19)3-9-5-10(22)11(23)21-20-9/h1-2,4-5H,3H2,(H,20,22)(H,21,23). The van der Waals surface area contributed by atoms with Crippen molar-refractivity contribution in [3.05, 3.63) is 57.0 Å². The van der Waals surface area contributed by atoms with Gasteiger partial charge in [0.15, 0.2) is 5.75 Å². The van der Waals surface area contributed by atoms with Crippen molar-refractivity contribution in [1.82, 2.24) is 10.2 Å². The van der Waals surface area contributed by atoms with E-state index in [2.05, 4.69) is 5.10 Å². The molecule has 0 aliphatic carbocycles. The quantitative estimate of drug-likeness (QED) is 0.827. The topological polar surface area (TPSA) is 66.0 Å². The normalized spacial score (nSPS) is 12.4. The van der Waals surface area contributed by atoms with E-state index in [1.165, 1.54) is 0 Å². The summed E-state index contributed by atoms with van der Waals surface area (Å²) in [4.78, 5) is 10.9. The third-order valence-electron chi connectivity index (χ3n) is 2.87. The van der Waals surface area contributed by atoms with Crippen molar-refractivity contribution in [3.63, 3.8) is 0 Å². The summed E-state index contributed by atoms with van der Waals surface area (Å²) < 4.78 is 76.3. The Morgan fingerprint density at radius 2 is 1.48 bits per heavy atom. The minimum absolute atomic E-state index is 0.0151. The van der Waals surface area contributed by atoms with E-state index in [1.54, 1.807) is 0 Å². The van der Waals surface area contributed by atoms with Crippen LogP contribution in [0.4, 0.5) is 26.3 Å². The monoisotopic (exact) mass is 338 g/mol. The summed E-state index contributed by atoms with van der Waals surface area (Å²) in [6, 6.07) is 1.99. The maximum atomic E-state index is 12.7. The molecular weight excluding hydrogens is 330 g/mol. The lowest BCUT2D eigenvalue weighted by Crippen LogP contribution is -2.13. The molecule has 0 aliphatic heterocycles. The molecule has 0 radical (unpaired) electrons. The molecule has 124 valence electrons. The Bertz CT molecular complexity index is 747. The molecule has 0 saturated heterocycles.